The van der Waals surface area contributed by atoms with Gasteiger partial charge in [-0.15, -0.1) is 0 Å². The first-order valence-electron chi connectivity index (χ1n) is 6.97. The molecule has 3 rings (SSSR count). The van der Waals surface area contributed by atoms with E-state index in [9.17, 15) is 13.6 Å². The predicted molar refractivity (Wildman–Crippen MR) is 77.8 cm³/mol. The second-order valence-corrected chi connectivity index (χ2v) is 5.04. The smallest absolute Gasteiger partial charge is 0.258 e. The first-order chi connectivity index (χ1) is 10.6. The number of carbonyl (C=O) groups excluding carboxylic acids is 1. The summed E-state index contributed by atoms with van der Waals surface area (Å²) in [6.07, 6.45) is 5.01. The van der Waals surface area contributed by atoms with Gasteiger partial charge in [0.15, 0.2) is 0 Å². The molecule has 0 radical (unpaired) electrons. The molecule has 0 unspecified atom stereocenters. The molecule has 0 spiro atoms. The second kappa shape index (κ2) is 6.05. The van der Waals surface area contributed by atoms with E-state index in [0.717, 1.165) is 32.0 Å². The number of hydrogen-bond donors (Lipinski definition) is 1. The normalized spacial score (nSPS) is 14.2. The number of anilines is 2. The molecule has 1 saturated heterocycles. The van der Waals surface area contributed by atoms with E-state index in [4.69, 9.17) is 0 Å². The summed E-state index contributed by atoms with van der Waals surface area (Å²) in [5, 5.41) is 2.37. The number of benzene rings is 1. The predicted octanol–water partition coefficient (Wildman–Crippen LogP) is 2.61. The van der Waals surface area contributed by atoms with Crippen LogP contribution in [-0.4, -0.2) is 29.0 Å². The van der Waals surface area contributed by atoms with E-state index in [1.54, 1.807) is 0 Å². The molecule has 1 amide bonds. The summed E-state index contributed by atoms with van der Waals surface area (Å²) in [6, 6.07) is 2.95. The minimum atomic E-state index is -0.831. The van der Waals surface area contributed by atoms with E-state index in [-0.39, 0.29) is 11.3 Å². The van der Waals surface area contributed by atoms with Gasteiger partial charge in [-0.1, -0.05) is 0 Å². The highest BCUT2D eigenvalue weighted by Crippen LogP contribution is 2.17. The number of hydrogen-bond acceptors (Lipinski definition) is 4. The molecule has 5 nitrogen and oxygen atoms in total. The van der Waals surface area contributed by atoms with Crippen LogP contribution in [0.3, 0.4) is 0 Å². The van der Waals surface area contributed by atoms with Gasteiger partial charge in [0.1, 0.15) is 11.6 Å². The summed E-state index contributed by atoms with van der Waals surface area (Å²) in [4.78, 5) is 22.4. The summed E-state index contributed by atoms with van der Waals surface area (Å²) >= 11 is 0. The molecular formula is C15H14F2N4O. The lowest BCUT2D eigenvalue weighted by Gasteiger charge is -2.14. The maximum Gasteiger partial charge on any atom is 0.258 e. The molecule has 114 valence electrons. The van der Waals surface area contributed by atoms with Crippen LogP contribution in [0.15, 0.2) is 30.6 Å². The maximum atomic E-state index is 13.5. The first-order valence-corrected chi connectivity index (χ1v) is 6.97. The van der Waals surface area contributed by atoms with Crippen molar-refractivity contribution in [3.63, 3.8) is 0 Å². The van der Waals surface area contributed by atoms with E-state index >= 15 is 0 Å². The van der Waals surface area contributed by atoms with Gasteiger partial charge in [-0.3, -0.25) is 4.79 Å². The zero-order chi connectivity index (χ0) is 15.5. The molecule has 1 aromatic heterocycles. The third-order valence-electron chi connectivity index (χ3n) is 3.47. The summed E-state index contributed by atoms with van der Waals surface area (Å²) in [5.74, 6) is -1.49. The van der Waals surface area contributed by atoms with Crippen molar-refractivity contribution in [2.24, 2.45) is 0 Å². The SMILES string of the molecule is O=C(Nc1ccc(F)cc1F)c1cnc(N2CCCC2)nc1. The lowest BCUT2D eigenvalue weighted by molar-refractivity contribution is 0.102. The van der Waals surface area contributed by atoms with Crippen molar-refractivity contribution >= 4 is 17.5 Å². The van der Waals surface area contributed by atoms with Crippen molar-refractivity contribution in [1.82, 2.24) is 9.97 Å². The van der Waals surface area contributed by atoms with Crippen molar-refractivity contribution in [1.29, 1.82) is 0 Å². The van der Waals surface area contributed by atoms with Gasteiger partial charge < -0.3 is 10.2 Å². The van der Waals surface area contributed by atoms with Gasteiger partial charge in [0, 0.05) is 31.5 Å². The molecule has 0 aliphatic carbocycles. The van der Waals surface area contributed by atoms with Crippen molar-refractivity contribution in [2.75, 3.05) is 23.3 Å². The molecule has 0 atom stereocenters. The Bertz CT molecular complexity index is 684. The molecular weight excluding hydrogens is 290 g/mol. The molecule has 1 N–H and O–H groups in total. The third kappa shape index (κ3) is 3.03. The van der Waals surface area contributed by atoms with Gasteiger partial charge in [0.05, 0.1) is 11.3 Å². The fourth-order valence-corrected chi connectivity index (χ4v) is 2.30. The molecule has 1 aliphatic heterocycles. The van der Waals surface area contributed by atoms with E-state index in [0.29, 0.717) is 12.0 Å². The second-order valence-electron chi connectivity index (χ2n) is 5.04. The monoisotopic (exact) mass is 304 g/mol. The highest BCUT2D eigenvalue weighted by atomic mass is 19.1. The van der Waals surface area contributed by atoms with Crippen molar-refractivity contribution in [3.8, 4) is 0 Å². The van der Waals surface area contributed by atoms with Crippen LogP contribution < -0.4 is 10.2 Å². The Morgan fingerprint density at radius 3 is 2.45 bits per heavy atom. The van der Waals surface area contributed by atoms with Crippen molar-refractivity contribution < 1.29 is 13.6 Å². The van der Waals surface area contributed by atoms with E-state index < -0.39 is 17.5 Å². The zero-order valence-electron chi connectivity index (χ0n) is 11.7. The standard InChI is InChI=1S/C15H14F2N4O/c16-11-3-4-13(12(17)7-11)20-14(22)10-8-18-15(19-9-10)21-5-1-2-6-21/h3-4,7-9H,1-2,5-6H2,(H,20,22). The molecule has 22 heavy (non-hydrogen) atoms. The van der Waals surface area contributed by atoms with Gasteiger partial charge in [0.25, 0.3) is 5.91 Å². The maximum absolute atomic E-state index is 13.5. The molecule has 2 heterocycles. The average Bonchev–Trinajstić information content (AvgIpc) is 3.04. The number of carbonyl (C=O) groups is 1. The minimum absolute atomic E-state index is 0.0879. The van der Waals surface area contributed by atoms with Crippen LogP contribution >= 0.6 is 0 Å². The van der Waals surface area contributed by atoms with Crippen LogP contribution in [0.5, 0.6) is 0 Å². The Labute approximate surface area is 126 Å². The first kappa shape index (κ1) is 14.4. The van der Waals surface area contributed by atoms with Gasteiger partial charge in [-0.25, -0.2) is 18.7 Å². The Kier molecular flexibility index (Phi) is 3.95. The van der Waals surface area contributed by atoms with Crippen molar-refractivity contribution in [3.05, 3.63) is 47.8 Å². The number of rotatable bonds is 3. The van der Waals surface area contributed by atoms with E-state index in [1.165, 1.54) is 18.5 Å². The van der Waals surface area contributed by atoms with Gasteiger partial charge >= 0.3 is 0 Å². The number of aromatic nitrogens is 2. The third-order valence-corrected chi connectivity index (χ3v) is 3.47. The Morgan fingerprint density at radius 1 is 1.14 bits per heavy atom. The number of amides is 1. The van der Waals surface area contributed by atoms with E-state index in [1.807, 2.05) is 4.90 Å². The van der Waals surface area contributed by atoms with Crippen LogP contribution in [0, 0.1) is 11.6 Å². The lowest BCUT2D eigenvalue weighted by Crippen LogP contribution is -2.21. The van der Waals surface area contributed by atoms with Gasteiger partial charge in [-0.05, 0) is 25.0 Å². The van der Waals surface area contributed by atoms with Crippen LogP contribution in [0.4, 0.5) is 20.4 Å². The van der Waals surface area contributed by atoms with Crippen molar-refractivity contribution in [2.45, 2.75) is 12.8 Å². The summed E-state index contributed by atoms with van der Waals surface area (Å²) in [7, 11) is 0. The molecule has 0 saturated carbocycles. The number of halogens is 2. The minimum Gasteiger partial charge on any atom is -0.341 e. The summed E-state index contributed by atoms with van der Waals surface area (Å²) in [5.41, 5.74) is 0.127. The molecule has 1 fully saturated rings. The molecule has 2 aromatic rings. The fraction of sp³-hybridized carbons (Fsp3) is 0.267. The Balaban J connectivity index is 1.71. The fourth-order valence-electron chi connectivity index (χ4n) is 2.30. The average molecular weight is 304 g/mol. The van der Waals surface area contributed by atoms with Gasteiger partial charge in [0.2, 0.25) is 5.95 Å². The quantitative estimate of drug-likeness (QED) is 0.947. The van der Waals surface area contributed by atoms with Crippen LogP contribution in [-0.2, 0) is 0 Å². The number of nitrogens with one attached hydrogen (secondary N) is 1. The highest BCUT2D eigenvalue weighted by Gasteiger charge is 2.16. The summed E-state index contributed by atoms with van der Waals surface area (Å²) < 4.78 is 26.3. The lowest BCUT2D eigenvalue weighted by atomic mass is 10.2. The number of nitrogens with zero attached hydrogens (tertiary/aromatic N) is 3. The largest absolute Gasteiger partial charge is 0.341 e. The topological polar surface area (TPSA) is 58.1 Å². The molecule has 0 bridgehead atoms. The highest BCUT2D eigenvalue weighted by molar-refractivity contribution is 6.03. The van der Waals surface area contributed by atoms with E-state index in [2.05, 4.69) is 15.3 Å². The van der Waals surface area contributed by atoms with Crippen LogP contribution in [0.2, 0.25) is 0 Å². The molecule has 7 heteroatoms. The van der Waals surface area contributed by atoms with Gasteiger partial charge in [-0.2, -0.15) is 0 Å². The summed E-state index contributed by atoms with van der Waals surface area (Å²) in [6.45, 7) is 1.82. The molecule has 1 aromatic carbocycles. The van der Waals surface area contributed by atoms with Crippen LogP contribution in [0.25, 0.3) is 0 Å². The molecule has 1 aliphatic rings. The van der Waals surface area contributed by atoms with Crippen LogP contribution in [0.1, 0.15) is 23.2 Å². The Morgan fingerprint density at radius 2 is 1.82 bits per heavy atom. The zero-order valence-corrected chi connectivity index (χ0v) is 11.7. The Hall–Kier alpha value is -2.57.